The second-order valence-electron chi connectivity index (χ2n) is 10.9. The number of carbonyl (C=O) groups is 1. The highest BCUT2D eigenvalue weighted by Gasteiger charge is 2.44. The van der Waals surface area contributed by atoms with Crippen LogP contribution < -0.4 is 0 Å². The standard InChI is InChI=1S/C37H41NO6/c1-40-28-42-27-34-35(43-25-29-15-7-3-8-16-29)24-23-33(38(34)36(39)41-2)26-44-37(30-17-9-4-10-18-30,31-19-11-5-12-20-31)32-21-13-6-14-22-32/h3-22,33-35H,23-28H2,1-2H3/t33-,34-,35-/m1/s1. The summed E-state index contributed by atoms with van der Waals surface area (Å²) in [7, 11) is 2.99. The minimum Gasteiger partial charge on any atom is -0.453 e. The molecule has 0 saturated carbocycles. The summed E-state index contributed by atoms with van der Waals surface area (Å²) in [4.78, 5) is 15.2. The van der Waals surface area contributed by atoms with Gasteiger partial charge in [-0.25, -0.2) is 4.79 Å². The van der Waals surface area contributed by atoms with Gasteiger partial charge in [0.05, 0.1) is 45.1 Å². The van der Waals surface area contributed by atoms with Crippen molar-refractivity contribution in [3.05, 3.63) is 144 Å². The van der Waals surface area contributed by atoms with Crippen LogP contribution in [0.1, 0.15) is 35.1 Å². The molecule has 0 spiro atoms. The van der Waals surface area contributed by atoms with E-state index in [0.717, 1.165) is 28.7 Å². The minimum absolute atomic E-state index is 0.108. The van der Waals surface area contributed by atoms with Crippen LogP contribution in [-0.4, -0.2) is 63.4 Å². The van der Waals surface area contributed by atoms with Gasteiger partial charge in [-0.2, -0.15) is 0 Å². The molecule has 1 amide bonds. The topological polar surface area (TPSA) is 66.5 Å². The van der Waals surface area contributed by atoms with Gasteiger partial charge < -0.3 is 23.7 Å². The lowest BCUT2D eigenvalue weighted by atomic mass is 9.80. The Hall–Kier alpha value is -4.01. The van der Waals surface area contributed by atoms with Crippen molar-refractivity contribution in [2.45, 2.75) is 43.2 Å². The Labute approximate surface area is 260 Å². The Kier molecular flexibility index (Phi) is 11.2. The molecule has 0 bridgehead atoms. The van der Waals surface area contributed by atoms with Gasteiger partial charge in [0.15, 0.2) is 0 Å². The molecule has 0 radical (unpaired) electrons. The molecule has 1 saturated heterocycles. The number of likely N-dealkylation sites (tertiary alicyclic amines) is 1. The Morgan fingerprint density at radius 2 is 1.25 bits per heavy atom. The summed E-state index contributed by atoms with van der Waals surface area (Å²) in [6, 6.07) is 40.1. The molecule has 1 heterocycles. The lowest BCUT2D eigenvalue weighted by molar-refractivity contribution is -0.124. The third-order valence-corrected chi connectivity index (χ3v) is 8.18. The fourth-order valence-corrected chi connectivity index (χ4v) is 6.09. The van der Waals surface area contributed by atoms with Crippen LogP contribution in [0.3, 0.4) is 0 Å². The second-order valence-corrected chi connectivity index (χ2v) is 10.9. The summed E-state index contributed by atoms with van der Waals surface area (Å²) in [6.07, 6.45) is 0.695. The van der Waals surface area contributed by atoms with Gasteiger partial charge in [0, 0.05) is 7.11 Å². The SMILES string of the molecule is COCOC[C@@H]1[C@H](OCc2ccccc2)CC[C@H](COC(c2ccccc2)(c2ccccc2)c2ccccc2)N1C(=O)OC. The first kappa shape index (κ1) is 31.4. The molecule has 3 atom stereocenters. The summed E-state index contributed by atoms with van der Waals surface area (Å²) < 4.78 is 29.9. The molecule has 230 valence electrons. The quantitative estimate of drug-likeness (QED) is 0.0962. The summed E-state index contributed by atoms with van der Waals surface area (Å²) in [6.45, 7) is 1.04. The molecule has 4 aromatic rings. The van der Waals surface area contributed by atoms with Crippen LogP contribution in [0.25, 0.3) is 0 Å². The van der Waals surface area contributed by atoms with Crippen molar-refractivity contribution < 1.29 is 28.5 Å². The van der Waals surface area contributed by atoms with Crippen LogP contribution in [0.4, 0.5) is 4.79 Å². The summed E-state index contributed by atoms with van der Waals surface area (Å²) in [5.41, 5.74) is 3.16. The van der Waals surface area contributed by atoms with Crippen LogP contribution in [0.5, 0.6) is 0 Å². The number of piperidine rings is 1. The number of nitrogens with zero attached hydrogens (tertiary/aromatic N) is 1. The highest BCUT2D eigenvalue weighted by Crippen LogP contribution is 2.41. The monoisotopic (exact) mass is 595 g/mol. The predicted molar refractivity (Wildman–Crippen MR) is 169 cm³/mol. The molecule has 1 fully saturated rings. The maximum absolute atomic E-state index is 13.5. The van der Waals surface area contributed by atoms with E-state index in [1.54, 1.807) is 12.0 Å². The summed E-state index contributed by atoms with van der Waals surface area (Å²) in [5.74, 6) is 0. The van der Waals surface area contributed by atoms with Crippen molar-refractivity contribution in [2.75, 3.05) is 34.2 Å². The first-order chi connectivity index (χ1) is 21.7. The molecule has 7 nitrogen and oxygen atoms in total. The molecule has 7 heteroatoms. The average Bonchev–Trinajstić information content (AvgIpc) is 3.09. The number of hydrogen-bond acceptors (Lipinski definition) is 6. The zero-order chi connectivity index (χ0) is 30.6. The largest absolute Gasteiger partial charge is 0.453 e. The van der Waals surface area contributed by atoms with E-state index < -0.39 is 17.7 Å². The fraction of sp³-hybridized carbons (Fsp3) is 0.324. The van der Waals surface area contributed by atoms with E-state index >= 15 is 0 Å². The van der Waals surface area contributed by atoms with Crippen LogP contribution >= 0.6 is 0 Å². The van der Waals surface area contributed by atoms with Crippen molar-refractivity contribution in [2.24, 2.45) is 0 Å². The van der Waals surface area contributed by atoms with Crippen molar-refractivity contribution >= 4 is 6.09 Å². The van der Waals surface area contributed by atoms with Gasteiger partial charge in [0.1, 0.15) is 12.4 Å². The first-order valence-corrected chi connectivity index (χ1v) is 15.1. The molecule has 0 N–H and O–H groups in total. The van der Waals surface area contributed by atoms with Crippen molar-refractivity contribution in [3.63, 3.8) is 0 Å². The average molecular weight is 596 g/mol. The number of hydrogen-bond donors (Lipinski definition) is 0. The molecule has 44 heavy (non-hydrogen) atoms. The zero-order valence-electron chi connectivity index (χ0n) is 25.4. The Morgan fingerprint density at radius 3 is 1.75 bits per heavy atom. The van der Waals surface area contributed by atoms with Gasteiger partial charge in [-0.05, 0) is 35.1 Å². The summed E-state index contributed by atoms with van der Waals surface area (Å²) in [5, 5.41) is 0. The molecule has 0 aliphatic carbocycles. The van der Waals surface area contributed by atoms with E-state index in [2.05, 4.69) is 36.4 Å². The van der Waals surface area contributed by atoms with Crippen LogP contribution in [0, 0.1) is 0 Å². The van der Waals surface area contributed by atoms with E-state index in [1.165, 1.54) is 7.11 Å². The number of rotatable bonds is 13. The van der Waals surface area contributed by atoms with Crippen LogP contribution in [0.2, 0.25) is 0 Å². The predicted octanol–water partition coefficient (Wildman–Crippen LogP) is 6.80. The zero-order valence-corrected chi connectivity index (χ0v) is 25.4. The molecule has 0 aromatic heterocycles. The summed E-state index contributed by atoms with van der Waals surface area (Å²) >= 11 is 0. The van der Waals surface area contributed by atoms with E-state index in [1.807, 2.05) is 84.9 Å². The molecular formula is C37H41NO6. The lowest BCUT2D eigenvalue weighted by Gasteiger charge is -2.46. The maximum Gasteiger partial charge on any atom is 0.410 e. The fourth-order valence-electron chi connectivity index (χ4n) is 6.09. The van der Waals surface area contributed by atoms with E-state index in [-0.39, 0.29) is 32.2 Å². The van der Waals surface area contributed by atoms with E-state index in [9.17, 15) is 4.79 Å². The number of methoxy groups -OCH3 is 2. The number of benzene rings is 4. The van der Waals surface area contributed by atoms with Gasteiger partial charge in [-0.1, -0.05) is 121 Å². The minimum atomic E-state index is -0.908. The highest BCUT2D eigenvalue weighted by molar-refractivity contribution is 5.68. The number of amides is 1. The van der Waals surface area contributed by atoms with Gasteiger partial charge >= 0.3 is 6.09 Å². The molecular weight excluding hydrogens is 554 g/mol. The Balaban J connectivity index is 1.48. The third-order valence-electron chi connectivity index (χ3n) is 8.18. The number of ether oxygens (including phenoxy) is 5. The van der Waals surface area contributed by atoms with Gasteiger partial charge in [0.25, 0.3) is 0 Å². The van der Waals surface area contributed by atoms with Gasteiger partial charge in [0.2, 0.25) is 0 Å². The Morgan fingerprint density at radius 1 is 0.727 bits per heavy atom. The van der Waals surface area contributed by atoms with Crippen LogP contribution in [-0.2, 0) is 35.9 Å². The first-order valence-electron chi connectivity index (χ1n) is 15.1. The van der Waals surface area contributed by atoms with Crippen LogP contribution in [0.15, 0.2) is 121 Å². The smallest absolute Gasteiger partial charge is 0.410 e. The maximum atomic E-state index is 13.5. The van der Waals surface area contributed by atoms with Gasteiger partial charge in [-0.15, -0.1) is 0 Å². The normalized spacial score (nSPS) is 18.6. The van der Waals surface area contributed by atoms with Gasteiger partial charge in [-0.3, -0.25) is 4.90 Å². The van der Waals surface area contributed by atoms with Crippen molar-refractivity contribution in [1.82, 2.24) is 4.90 Å². The molecule has 5 rings (SSSR count). The number of carbonyl (C=O) groups excluding carboxylic acids is 1. The second kappa shape index (κ2) is 15.6. The molecule has 1 aliphatic rings. The van der Waals surface area contributed by atoms with Crippen molar-refractivity contribution in [3.8, 4) is 0 Å². The van der Waals surface area contributed by atoms with E-state index in [0.29, 0.717) is 13.0 Å². The van der Waals surface area contributed by atoms with E-state index in [4.69, 9.17) is 23.7 Å². The lowest BCUT2D eigenvalue weighted by Crippen LogP contribution is -2.60. The molecule has 4 aromatic carbocycles. The molecule has 0 unspecified atom stereocenters. The Bertz CT molecular complexity index is 1310. The van der Waals surface area contributed by atoms with Crippen molar-refractivity contribution in [1.29, 1.82) is 0 Å². The highest BCUT2D eigenvalue weighted by atomic mass is 16.7. The molecule has 1 aliphatic heterocycles. The third kappa shape index (κ3) is 7.20.